The maximum absolute atomic E-state index is 13.4. The highest BCUT2D eigenvalue weighted by Gasteiger charge is 2.37. The minimum atomic E-state index is -4.47. The summed E-state index contributed by atoms with van der Waals surface area (Å²) < 4.78 is 40.2. The molecule has 0 radical (unpaired) electrons. The van der Waals surface area contributed by atoms with Crippen molar-refractivity contribution >= 4 is 23.8 Å². The van der Waals surface area contributed by atoms with E-state index in [2.05, 4.69) is 4.98 Å². The van der Waals surface area contributed by atoms with Gasteiger partial charge in [-0.2, -0.15) is 13.2 Å². The Kier molecular flexibility index (Phi) is 4.44. The van der Waals surface area contributed by atoms with Gasteiger partial charge in [-0.15, -0.1) is 0 Å². The second-order valence-electron chi connectivity index (χ2n) is 4.88. The van der Waals surface area contributed by atoms with Crippen LogP contribution in [0.2, 0.25) is 0 Å². The van der Waals surface area contributed by atoms with Gasteiger partial charge in [0.15, 0.2) is 5.69 Å². The van der Waals surface area contributed by atoms with Gasteiger partial charge in [0, 0.05) is 11.5 Å². The third kappa shape index (κ3) is 3.43. The van der Waals surface area contributed by atoms with Crippen LogP contribution in [0.5, 0.6) is 0 Å². The van der Waals surface area contributed by atoms with Gasteiger partial charge in [-0.1, -0.05) is 66.7 Å². The Morgan fingerprint density at radius 2 is 1.22 bits per heavy atom. The molecular formula is C18H13F3NP. The first-order valence-corrected chi connectivity index (χ1v) is 8.34. The average Bonchev–Trinajstić information content (AvgIpc) is 2.57. The maximum Gasteiger partial charge on any atom is 0.433 e. The van der Waals surface area contributed by atoms with Crippen molar-refractivity contribution in [1.29, 1.82) is 0 Å². The summed E-state index contributed by atoms with van der Waals surface area (Å²) in [7, 11) is -1.31. The van der Waals surface area contributed by atoms with E-state index in [9.17, 15) is 13.2 Å². The standard InChI is InChI=1S/C18H13F3NP/c19-18(20,21)17-16(12-7-13-22-17)23(14-8-3-1-4-9-14)15-10-5-2-6-11-15/h1-13H. The number of benzene rings is 2. The largest absolute Gasteiger partial charge is 0.433 e. The van der Waals surface area contributed by atoms with Gasteiger partial charge < -0.3 is 0 Å². The van der Waals surface area contributed by atoms with E-state index < -0.39 is 19.8 Å². The fourth-order valence-corrected chi connectivity index (χ4v) is 4.80. The summed E-state index contributed by atoms with van der Waals surface area (Å²) in [5.74, 6) is 0. The van der Waals surface area contributed by atoms with E-state index in [1.54, 1.807) is 6.07 Å². The first kappa shape index (κ1) is 15.7. The molecule has 1 heterocycles. The molecule has 23 heavy (non-hydrogen) atoms. The highest BCUT2D eigenvalue weighted by Crippen LogP contribution is 2.38. The summed E-state index contributed by atoms with van der Waals surface area (Å²) in [4.78, 5) is 3.61. The van der Waals surface area contributed by atoms with Gasteiger partial charge >= 0.3 is 6.18 Å². The van der Waals surface area contributed by atoms with Crippen molar-refractivity contribution in [1.82, 2.24) is 4.98 Å². The van der Waals surface area contributed by atoms with E-state index in [4.69, 9.17) is 0 Å². The quantitative estimate of drug-likeness (QED) is 0.664. The van der Waals surface area contributed by atoms with Gasteiger partial charge in [-0.25, -0.2) is 0 Å². The lowest BCUT2D eigenvalue weighted by atomic mass is 10.3. The Labute approximate surface area is 133 Å². The van der Waals surface area contributed by atoms with Crippen LogP contribution in [-0.4, -0.2) is 4.98 Å². The number of alkyl halides is 3. The first-order chi connectivity index (χ1) is 11.1. The maximum atomic E-state index is 13.4. The number of pyridine rings is 1. The van der Waals surface area contributed by atoms with Crippen molar-refractivity contribution in [2.24, 2.45) is 0 Å². The molecule has 0 fully saturated rings. The van der Waals surface area contributed by atoms with Crippen molar-refractivity contribution in [2.75, 3.05) is 0 Å². The van der Waals surface area contributed by atoms with Gasteiger partial charge in [0.2, 0.25) is 0 Å². The van der Waals surface area contributed by atoms with Gasteiger partial charge in [0.1, 0.15) is 0 Å². The third-order valence-corrected chi connectivity index (χ3v) is 5.80. The van der Waals surface area contributed by atoms with E-state index in [0.29, 0.717) is 0 Å². The van der Waals surface area contributed by atoms with Crippen LogP contribution in [0.1, 0.15) is 5.69 Å². The molecule has 0 aliphatic rings. The van der Waals surface area contributed by atoms with Crippen molar-refractivity contribution < 1.29 is 13.2 Å². The summed E-state index contributed by atoms with van der Waals surface area (Å²) in [6.45, 7) is 0. The molecule has 3 aromatic rings. The predicted octanol–water partition coefficient (Wildman–Crippen LogP) is 3.86. The minimum Gasteiger partial charge on any atom is -0.251 e. The zero-order valence-electron chi connectivity index (χ0n) is 12.0. The highest BCUT2D eigenvalue weighted by molar-refractivity contribution is 7.79. The number of aromatic nitrogens is 1. The molecular weight excluding hydrogens is 318 g/mol. The highest BCUT2D eigenvalue weighted by atomic mass is 31.1. The molecule has 0 amide bonds. The summed E-state index contributed by atoms with van der Waals surface area (Å²) >= 11 is 0. The lowest BCUT2D eigenvalue weighted by Gasteiger charge is -2.22. The number of hydrogen-bond donors (Lipinski definition) is 0. The number of halogens is 3. The smallest absolute Gasteiger partial charge is 0.251 e. The third-order valence-electron chi connectivity index (χ3n) is 3.32. The van der Waals surface area contributed by atoms with Gasteiger partial charge in [0.05, 0.1) is 0 Å². The van der Waals surface area contributed by atoms with Crippen LogP contribution >= 0.6 is 7.92 Å². The topological polar surface area (TPSA) is 12.9 Å². The molecule has 0 bridgehead atoms. The number of hydrogen-bond acceptors (Lipinski definition) is 1. The van der Waals surface area contributed by atoms with Crippen LogP contribution in [0.25, 0.3) is 0 Å². The van der Waals surface area contributed by atoms with Crippen LogP contribution in [0, 0.1) is 0 Å². The minimum absolute atomic E-state index is 0.229. The first-order valence-electron chi connectivity index (χ1n) is 7.00. The Balaban J connectivity index is 2.22. The zero-order chi connectivity index (χ0) is 16.3. The molecule has 0 spiro atoms. The molecule has 1 nitrogen and oxygen atoms in total. The normalized spacial score (nSPS) is 11.7. The predicted molar refractivity (Wildman–Crippen MR) is 87.9 cm³/mol. The fraction of sp³-hybridized carbons (Fsp3) is 0.0556. The second kappa shape index (κ2) is 6.51. The number of rotatable bonds is 3. The zero-order valence-corrected chi connectivity index (χ0v) is 12.9. The monoisotopic (exact) mass is 331 g/mol. The van der Waals surface area contributed by atoms with E-state index in [1.807, 2.05) is 60.7 Å². The van der Waals surface area contributed by atoms with E-state index in [1.165, 1.54) is 12.3 Å². The lowest BCUT2D eigenvalue weighted by molar-refractivity contribution is -0.140. The molecule has 116 valence electrons. The second-order valence-corrected chi connectivity index (χ2v) is 7.06. The van der Waals surface area contributed by atoms with E-state index in [0.717, 1.165) is 10.6 Å². The molecule has 0 atom stereocenters. The van der Waals surface area contributed by atoms with E-state index >= 15 is 0 Å². The lowest BCUT2D eigenvalue weighted by Crippen LogP contribution is -2.28. The van der Waals surface area contributed by atoms with Crippen LogP contribution in [0.4, 0.5) is 13.2 Å². The summed E-state index contributed by atoms with van der Waals surface area (Å²) in [5.41, 5.74) is -0.807. The molecule has 0 N–H and O–H groups in total. The van der Waals surface area contributed by atoms with Gasteiger partial charge in [0.25, 0.3) is 0 Å². The van der Waals surface area contributed by atoms with Crippen molar-refractivity contribution in [3.05, 3.63) is 84.7 Å². The Morgan fingerprint density at radius 1 is 0.696 bits per heavy atom. The molecule has 1 aromatic heterocycles. The van der Waals surface area contributed by atoms with Crippen LogP contribution < -0.4 is 15.9 Å². The van der Waals surface area contributed by atoms with E-state index in [-0.39, 0.29) is 5.30 Å². The summed E-state index contributed by atoms with van der Waals surface area (Å²) in [6, 6.07) is 21.7. The van der Waals surface area contributed by atoms with Crippen molar-refractivity contribution in [2.45, 2.75) is 6.18 Å². The molecule has 0 aliphatic heterocycles. The average molecular weight is 331 g/mol. The molecule has 0 saturated heterocycles. The van der Waals surface area contributed by atoms with Crippen LogP contribution in [0.3, 0.4) is 0 Å². The molecule has 0 saturated carbocycles. The van der Waals surface area contributed by atoms with Gasteiger partial charge in [-0.05, 0) is 24.6 Å². The fourth-order valence-electron chi connectivity index (χ4n) is 2.38. The molecule has 3 rings (SSSR count). The van der Waals surface area contributed by atoms with Crippen LogP contribution in [-0.2, 0) is 6.18 Å². The van der Waals surface area contributed by atoms with Crippen LogP contribution in [0.15, 0.2) is 79.0 Å². The Morgan fingerprint density at radius 3 is 1.70 bits per heavy atom. The van der Waals surface area contributed by atoms with Crippen molar-refractivity contribution in [3.63, 3.8) is 0 Å². The Bertz CT molecular complexity index is 734. The molecule has 2 aromatic carbocycles. The Hall–Kier alpha value is -2.19. The summed E-state index contributed by atoms with van der Waals surface area (Å²) in [5, 5.41) is 1.96. The molecule has 0 aliphatic carbocycles. The molecule has 5 heteroatoms. The SMILES string of the molecule is FC(F)(F)c1ncccc1P(c1ccccc1)c1ccccc1. The van der Waals surface area contributed by atoms with Gasteiger partial charge in [-0.3, -0.25) is 4.98 Å². The number of nitrogens with zero attached hydrogens (tertiary/aromatic N) is 1. The van der Waals surface area contributed by atoms with Crippen molar-refractivity contribution in [3.8, 4) is 0 Å². The summed E-state index contributed by atoms with van der Waals surface area (Å²) in [6.07, 6.45) is -3.28. The molecule has 0 unspecified atom stereocenters.